The number of alkyl halides is 1. The predicted octanol–water partition coefficient (Wildman–Crippen LogP) is 2.92. The molecule has 0 spiro atoms. The van der Waals surface area contributed by atoms with E-state index in [9.17, 15) is 8.42 Å². The van der Waals surface area contributed by atoms with Gasteiger partial charge in [0.1, 0.15) is 0 Å². The van der Waals surface area contributed by atoms with Crippen molar-refractivity contribution in [3.8, 4) is 0 Å². The fourth-order valence-corrected chi connectivity index (χ4v) is 4.71. The summed E-state index contributed by atoms with van der Waals surface area (Å²) in [6, 6.07) is 5.34. The van der Waals surface area contributed by atoms with Crippen molar-refractivity contribution in [3.63, 3.8) is 0 Å². The van der Waals surface area contributed by atoms with Gasteiger partial charge in [-0.25, -0.2) is 8.42 Å². The van der Waals surface area contributed by atoms with Crippen molar-refractivity contribution in [2.45, 2.75) is 43.1 Å². The average molecular weight is 332 g/mol. The van der Waals surface area contributed by atoms with Crippen LogP contribution < -0.4 is 0 Å². The van der Waals surface area contributed by atoms with Gasteiger partial charge in [0.05, 0.1) is 10.5 Å². The minimum atomic E-state index is -3.51. The molecule has 21 heavy (non-hydrogen) atoms. The van der Waals surface area contributed by atoms with Crippen LogP contribution in [0.25, 0.3) is 0 Å². The van der Waals surface area contributed by atoms with Crippen LogP contribution in [-0.2, 0) is 20.6 Å². The molecule has 0 bridgehead atoms. The third kappa shape index (κ3) is 3.42. The molecule has 1 aromatic carbocycles. The fourth-order valence-electron chi connectivity index (χ4n) is 2.68. The molecule has 0 radical (unpaired) electrons. The van der Waals surface area contributed by atoms with Crippen molar-refractivity contribution >= 4 is 21.6 Å². The monoisotopic (exact) mass is 331 g/mol. The molecule has 118 valence electrons. The number of nitrogens with zero attached hydrogens (tertiary/aromatic N) is 1. The molecule has 0 aromatic heterocycles. The standard InChI is InChI=1S/C15H22ClNO3S/c1-12-5-6-13(10-16)9-14(12)21(18,19)17-8-4-7-15(2,11-17)20-3/h5-6,9H,4,7-8,10-11H2,1-3H3. The maximum absolute atomic E-state index is 12.9. The van der Waals surface area contributed by atoms with Crippen molar-refractivity contribution in [1.82, 2.24) is 4.31 Å². The van der Waals surface area contributed by atoms with Crippen LogP contribution in [0.15, 0.2) is 23.1 Å². The Hall–Kier alpha value is -0.620. The van der Waals surface area contributed by atoms with Gasteiger partial charge in [0.15, 0.2) is 0 Å². The Balaban J connectivity index is 2.38. The van der Waals surface area contributed by atoms with Crippen LogP contribution in [0, 0.1) is 6.92 Å². The van der Waals surface area contributed by atoms with Crippen LogP contribution in [0.1, 0.15) is 30.9 Å². The van der Waals surface area contributed by atoms with Crippen LogP contribution in [-0.4, -0.2) is 38.5 Å². The highest BCUT2D eigenvalue weighted by molar-refractivity contribution is 7.89. The second-order valence-electron chi connectivity index (χ2n) is 5.83. The molecule has 1 atom stereocenters. The maximum atomic E-state index is 12.9. The van der Waals surface area contributed by atoms with Crippen LogP contribution in [0.4, 0.5) is 0 Å². The van der Waals surface area contributed by atoms with E-state index in [0.717, 1.165) is 24.0 Å². The fraction of sp³-hybridized carbons (Fsp3) is 0.600. The van der Waals surface area contributed by atoms with Crippen molar-refractivity contribution in [3.05, 3.63) is 29.3 Å². The Morgan fingerprint density at radius 3 is 2.76 bits per heavy atom. The SMILES string of the molecule is COC1(C)CCCN(S(=O)(=O)c2cc(CCl)ccc2C)C1. The summed E-state index contributed by atoms with van der Waals surface area (Å²) < 4.78 is 32.8. The lowest BCUT2D eigenvalue weighted by Gasteiger charge is -2.38. The van der Waals surface area contributed by atoms with E-state index in [1.807, 2.05) is 26.0 Å². The van der Waals surface area contributed by atoms with Gasteiger partial charge >= 0.3 is 0 Å². The molecule has 0 amide bonds. The molecule has 1 fully saturated rings. The average Bonchev–Trinajstić information content (AvgIpc) is 2.47. The number of hydrogen-bond acceptors (Lipinski definition) is 3. The summed E-state index contributed by atoms with van der Waals surface area (Å²) in [4.78, 5) is 0.348. The van der Waals surface area contributed by atoms with Crippen LogP contribution >= 0.6 is 11.6 Å². The van der Waals surface area contributed by atoms with Gasteiger partial charge < -0.3 is 4.74 Å². The van der Waals surface area contributed by atoms with Gasteiger partial charge in [-0.1, -0.05) is 12.1 Å². The Kier molecular flexibility index (Phi) is 4.98. The molecule has 1 aromatic rings. The molecule has 1 aliphatic rings. The van der Waals surface area contributed by atoms with Gasteiger partial charge in [0.2, 0.25) is 10.0 Å². The number of methoxy groups -OCH3 is 1. The topological polar surface area (TPSA) is 46.6 Å². The summed E-state index contributed by atoms with van der Waals surface area (Å²) in [5.41, 5.74) is 1.14. The Bertz CT molecular complexity index is 617. The van der Waals surface area contributed by atoms with Gasteiger partial charge in [-0.2, -0.15) is 4.31 Å². The minimum absolute atomic E-state index is 0.304. The van der Waals surface area contributed by atoms with Crippen LogP contribution in [0.3, 0.4) is 0 Å². The van der Waals surface area contributed by atoms with E-state index in [1.54, 1.807) is 13.2 Å². The molecular weight excluding hydrogens is 310 g/mol. The number of hydrogen-bond donors (Lipinski definition) is 0. The van der Waals surface area contributed by atoms with Gasteiger partial charge in [0, 0.05) is 26.1 Å². The van der Waals surface area contributed by atoms with E-state index < -0.39 is 15.6 Å². The summed E-state index contributed by atoms with van der Waals surface area (Å²) in [5, 5.41) is 0. The highest BCUT2D eigenvalue weighted by Crippen LogP contribution is 2.30. The number of aryl methyl sites for hydroxylation is 1. The second kappa shape index (κ2) is 6.24. The van der Waals surface area contributed by atoms with Crippen molar-refractivity contribution in [2.75, 3.05) is 20.2 Å². The number of ether oxygens (including phenoxy) is 1. The normalized spacial score (nSPS) is 24.2. The van der Waals surface area contributed by atoms with Gasteiger partial charge in [-0.3, -0.25) is 0 Å². The highest BCUT2D eigenvalue weighted by atomic mass is 35.5. The molecule has 0 N–H and O–H groups in total. The van der Waals surface area contributed by atoms with Crippen molar-refractivity contribution in [2.24, 2.45) is 0 Å². The zero-order chi connectivity index (χ0) is 15.7. The molecule has 1 saturated heterocycles. The first kappa shape index (κ1) is 16.7. The van der Waals surface area contributed by atoms with Gasteiger partial charge in [-0.05, 0) is 43.9 Å². The molecule has 6 heteroatoms. The van der Waals surface area contributed by atoms with Gasteiger partial charge in [0.25, 0.3) is 0 Å². The summed E-state index contributed by atoms with van der Waals surface area (Å²) >= 11 is 5.83. The van der Waals surface area contributed by atoms with E-state index in [2.05, 4.69) is 0 Å². The lowest BCUT2D eigenvalue weighted by atomic mass is 9.96. The molecule has 1 heterocycles. The first-order valence-corrected chi connectivity index (χ1v) is 9.01. The number of benzene rings is 1. The zero-order valence-corrected chi connectivity index (χ0v) is 14.3. The van der Waals surface area contributed by atoms with Gasteiger partial charge in [-0.15, -0.1) is 11.6 Å². The number of sulfonamides is 1. The van der Waals surface area contributed by atoms with E-state index >= 15 is 0 Å². The van der Waals surface area contributed by atoms with E-state index in [1.165, 1.54) is 4.31 Å². The maximum Gasteiger partial charge on any atom is 0.243 e. The van der Waals surface area contributed by atoms with Crippen LogP contribution in [0.5, 0.6) is 0 Å². The van der Waals surface area contributed by atoms with E-state index in [0.29, 0.717) is 23.9 Å². The van der Waals surface area contributed by atoms with Crippen molar-refractivity contribution in [1.29, 1.82) is 0 Å². The quantitative estimate of drug-likeness (QED) is 0.797. The molecule has 1 aliphatic heterocycles. The molecule has 0 saturated carbocycles. The summed E-state index contributed by atoms with van der Waals surface area (Å²) in [7, 11) is -1.88. The Morgan fingerprint density at radius 1 is 1.43 bits per heavy atom. The first-order chi connectivity index (χ1) is 9.82. The third-order valence-corrected chi connectivity index (χ3v) is 6.44. The molecule has 4 nitrogen and oxygen atoms in total. The second-order valence-corrected chi connectivity index (χ2v) is 8.00. The van der Waals surface area contributed by atoms with Crippen LogP contribution in [0.2, 0.25) is 0 Å². The molecule has 2 rings (SSSR count). The molecule has 0 aliphatic carbocycles. The summed E-state index contributed by atoms with van der Waals surface area (Å²) in [6.45, 7) is 4.68. The lowest BCUT2D eigenvalue weighted by molar-refractivity contribution is -0.0319. The number of piperidine rings is 1. The number of rotatable bonds is 4. The Morgan fingerprint density at radius 2 is 2.14 bits per heavy atom. The highest BCUT2D eigenvalue weighted by Gasteiger charge is 2.37. The summed E-state index contributed by atoms with van der Waals surface area (Å²) in [6.07, 6.45) is 1.67. The predicted molar refractivity (Wildman–Crippen MR) is 84.1 cm³/mol. The third-order valence-electron chi connectivity index (χ3n) is 4.14. The number of halogens is 1. The van der Waals surface area contributed by atoms with E-state index in [4.69, 9.17) is 16.3 Å². The molecule has 1 unspecified atom stereocenters. The zero-order valence-electron chi connectivity index (χ0n) is 12.7. The largest absolute Gasteiger partial charge is 0.377 e. The summed E-state index contributed by atoms with van der Waals surface area (Å²) in [5.74, 6) is 0.304. The van der Waals surface area contributed by atoms with E-state index in [-0.39, 0.29) is 0 Å². The molecular formula is C15H22ClNO3S. The Labute approximate surface area is 132 Å². The lowest BCUT2D eigenvalue weighted by Crippen LogP contribution is -2.49. The first-order valence-electron chi connectivity index (χ1n) is 7.03. The smallest absolute Gasteiger partial charge is 0.243 e. The minimum Gasteiger partial charge on any atom is -0.377 e. The van der Waals surface area contributed by atoms with Crippen molar-refractivity contribution < 1.29 is 13.2 Å².